The highest BCUT2D eigenvalue weighted by Crippen LogP contribution is 2.21. The Labute approximate surface area is 146 Å². The van der Waals surface area contributed by atoms with Gasteiger partial charge in [0.15, 0.2) is 18.2 Å². The second-order valence-corrected chi connectivity index (χ2v) is 6.08. The van der Waals surface area contributed by atoms with Gasteiger partial charge in [-0.2, -0.15) is 0 Å². The highest BCUT2D eigenvalue weighted by atomic mass is 79.9. The minimum Gasteiger partial charge on any atom is -0.481 e. The third kappa shape index (κ3) is 4.11. The summed E-state index contributed by atoms with van der Waals surface area (Å²) in [6.45, 7) is 0.207. The summed E-state index contributed by atoms with van der Waals surface area (Å²) in [5, 5.41) is 2.73. The van der Waals surface area contributed by atoms with E-state index in [1.807, 2.05) is 35.0 Å². The molecule has 1 N–H and O–H groups in total. The predicted molar refractivity (Wildman–Crippen MR) is 91.5 cm³/mol. The maximum absolute atomic E-state index is 13.6. The molecule has 1 amide bonds. The van der Waals surface area contributed by atoms with Gasteiger partial charge >= 0.3 is 0 Å². The normalized spacial score (nSPS) is 10.8. The van der Waals surface area contributed by atoms with Crippen molar-refractivity contribution in [1.29, 1.82) is 0 Å². The number of benzene rings is 1. The third-order valence-corrected chi connectivity index (χ3v) is 3.86. The highest BCUT2D eigenvalue weighted by Gasteiger charge is 2.08. The fourth-order valence-electron chi connectivity index (χ4n) is 2.22. The van der Waals surface area contributed by atoms with E-state index in [0.29, 0.717) is 17.4 Å². The van der Waals surface area contributed by atoms with Crippen LogP contribution in [0, 0.1) is 5.82 Å². The first-order valence-corrected chi connectivity index (χ1v) is 8.18. The van der Waals surface area contributed by atoms with Crippen LogP contribution in [0.2, 0.25) is 0 Å². The van der Waals surface area contributed by atoms with E-state index in [-0.39, 0.29) is 18.3 Å². The van der Waals surface area contributed by atoms with Crippen LogP contribution in [0.4, 0.5) is 4.39 Å². The van der Waals surface area contributed by atoms with E-state index in [2.05, 4.69) is 26.2 Å². The molecule has 2 aromatic heterocycles. The molecule has 0 fully saturated rings. The number of ether oxygens (including phenoxy) is 1. The van der Waals surface area contributed by atoms with Crippen LogP contribution >= 0.6 is 15.9 Å². The van der Waals surface area contributed by atoms with E-state index in [1.165, 1.54) is 12.1 Å². The predicted octanol–water partition coefficient (Wildman–Crippen LogP) is 2.97. The standard InChI is InChI=1S/C17H15BrFN3O2/c18-12-4-5-15(14(19)9-12)24-11-17(23)20-7-6-13-10-22-8-2-1-3-16(22)21-13/h1-5,8-10H,6-7,11H2,(H,20,23). The number of hydrogen-bond donors (Lipinski definition) is 1. The number of nitrogens with one attached hydrogen (secondary N) is 1. The van der Waals surface area contributed by atoms with Crippen molar-refractivity contribution in [3.05, 3.63) is 64.8 Å². The van der Waals surface area contributed by atoms with Crippen LogP contribution in [0.1, 0.15) is 5.69 Å². The van der Waals surface area contributed by atoms with Gasteiger partial charge in [0.2, 0.25) is 0 Å². The molecule has 0 saturated carbocycles. The number of carbonyl (C=O) groups excluding carboxylic acids is 1. The zero-order chi connectivity index (χ0) is 16.9. The SMILES string of the molecule is O=C(COc1ccc(Br)cc1F)NCCc1cn2ccccc2n1. The van der Waals surface area contributed by atoms with Gasteiger partial charge < -0.3 is 14.5 Å². The van der Waals surface area contributed by atoms with Crippen LogP contribution < -0.4 is 10.1 Å². The first-order chi connectivity index (χ1) is 11.6. The Morgan fingerprint density at radius 3 is 3.00 bits per heavy atom. The van der Waals surface area contributed by atoms with Crippen LogP contribution in [0.5, 0.6) is 5.75 Å². The number of rotatable bonds is 6. The number of amides is 1. The number of carbonyl (C=O) groups is 1. The van der Waals surface area contributed by atoms with Crippen molar-refractivity contribution in [2.75, 3.05) is 13.2 Å². The van der Waals surface area contributed by atoms with Crippen molar-refractivity contribution in [3.63, 3.8) is 0 Å². The molecule has 7 heteroatoms. The van der Waals surface area contributed by atoms with E-state index in [9.17, 15) is 9.18 Å². The number of halogens is 2. The molecule has 124 valence electrons. The van der Waals surface area contributed by atoms with Gasteiger partial charge in [0, 0.05) is 29.8 Å². The van der Waals surface area contributed by atoms with Crippen molar-refractivity contribution in [3.8, 4) is 5.75 Å². The average molecular weight is 392 g/mol. The summed E-state index contributed by atoms with van der Waals surface area (Å²) < 4.78 is 21.3. The van der Waals surface area contributed by atoms with Crippen LogP contribution in [0.3, 0.4) is 0 Å². The van der Waals surface area contributed by atoms with Gasteiger partial charge in [0.25, 0.3) is 5.91 Å². The summed E-state index contributed by atoms with van der Waals surface area (Å²) in [5.74, 6) is -0.767. The number of nitrogens with zero attached hydrogens (tertiary/aromatic N) is 2. The lowest BCUT2D eigenvalue weighted by Gasteiger charge is -2.08. The number of fused-ring (bicyclic) bond motifs is 1. The lowest BCUT2D eigenvalue weighted by atomic mass is 10.3. The maximum Gasteiger partial charge on any atom is 0.257 e. The number of pyridine rings is 1. The second kappa shape index (κ2) is 7.44. The molecule has 0 aliphatic rings. The van der Waals surface area contributed by atoms with Crippen molar-refractivity contribution in [1.82, 2.24) is 14.7 Å². The Morgan fingerprint density at radius 1 is 1.33 bits per heavy atom. The highest BCUT2D eigenvalue weighted by molar-refractivity contribution is 9.10. The molecule has 0 aliphatic heterocycles. The zero-order valence-electron chi connectivity index (χ0n) is 12.7. The van der Waals surface area contributed by atoms with Crippen LogP contribution in [-0.2, 0) is 11.2 Å². The largest absolute Gasteiger partial charge is 0.481 e. The average Bonchev–Trinajstić information content (AvgIpc) is 2.96. The van der Waals surface area contributed by atoms with E-state index in [1.54, 1.807) is 6.07 Å². The molecule has 0 unspecified atom stereocenters. The molecular weight excluding hydrogens is 377 g/mol. The van der Waals surface area contributed by atoms with Gasteiger partial charge in [-0.05, 0) is 30.3 Å². The smallest absolute Gasteiger partial charge is 0.257 e. The zero-order valence-corrected chi connectivity index (χ0v) is 14.3. The fraction of sp³-hybridized carbons (Fsp3) is 0.176. The maximum atomic E-state index is 13.6. The summed E-state index contributed by atoms with van der Waals surface area (Å²) >= 11 is 3.16. The summed E-state index contributed by atoms with van der Waals surface area (Å²) in [6, 6.07) is 10.2. The fourth-order valence-corrected chi connectivity index (χ4v) is 2.56. The van der Waals surface area contributed by atoms with E-state index >= 15 is 0 Å². The molecule has 2 heterocycles. The first kappa shape index (κ1) is 16.4. The summed E-state index contributed by atoms with van der Waals surface area (Å²) in [5.41, 5.74) is 1.76. The molecular formula is C17H15BrFN3O2. The minimum atomic E-state index is -0.512. The van der Waals surface area contributed by atoms with Gasteiger partial charge in [-0.3, -0.25) is 4.79 Å². The molecule has 1 aromatic carbocycles. The molecule has 0 spiro atoms. The quantitative estimate of drug-likeness (QED) is 0.702. The Balaban J connectivity index is 1.45. The summed E-state index contributed by atoms with van der Waals surface area (Å²) in [6.07, 6.45) is 4.46. The summed E-state index contributed by atoms with van der Waals surface area (Å²) in [4.78, 5) is 16.2. The molecule has 5 nitrogen and oxygen atoms in total. The molecule has 0 saturated heterocycles. The van der Waals surface area contributed by atoms with Crippen molar-refractivity contribution in [2.45, 2.75) is 6.42 Å². The molecule has 0 atom stereocenters. The lowest BCUT2D eigenvalue weighted by Crippen LogP contribution is -2.30. The molecule has 3 aromatic rings. The van der Waals surface area contributed by atoms with Gasteiger partial charge in [-0.15, -0.1) is 0 Å². The second-order valence-electron chi connectivity index (χ2n) is 5.16. The Bertz CT molecular complexity index is 833. The number of hydrogen-bond acceptors (Lipinski definition) is 3. The molecule has 0 radical (unpaired) electrons. The van der Waals surface area contributed by atoms with E-state index in [4.69, 9.17) is 4.74 Å². The molecule has 0 bridgehead atoms. The van der Waals surface area contributed by atoms with Gasteiger partial charge in [0.1, 0.15) is 5.65 Å². The molecule has 0 aliphatic carbocycles. The third-order valence-electron chi connectivity index (χ3n) is 3.37. The van der Waals surface area contributed by atoms with E-state index < -0.39 is 5.82 Å². The van der Waals surface area contributed by atoms with Crippen molar-refractivity contribution in [2.24, 2.45) is 0 Å². The number of imidazole rings is 1. The van der Waals surface area contributed by atoms with Gasteiger partial charge in [-0.1, -0.05) is 22.0 Å². The molecule has 3 rings (SSSR count). The Hall–Kier alpha value is -2.41. The van der Waals surface area contributed by atoms with E-state index in [0.717, 1.165) is 11.3 Å². The van der Waals surface area contributed by atoms with Crippen molar-refractivity contribution >= 4 is 27.5 Å². The number of aromatic nitrogens is 2. The molecule has 24 heavy (non-hydrogen) atoms. The summed E-state index contributed by atoms with van der Waals surface area (Å²) in [7, 11) is 0. The van der Waals surface area contributed by atoms with Gasteiger partial charge in [0.05, 0.1) is 5.69 Å². The van der Waals surface area contributed by atoms with Crippen molar-refractivity contribution < 1.29 is 13.9 Å². The lowest BCUT2D eigenvalue weighted by molar-refractivity contribution is -0.123. The minimum absolute atomic E-state index is 0.0497. The Morgan fingerprint density at radius 2 is 2.21 bits per heavy atom. The topological polar surface area (TPSA) is 55.6 Å². The van der Waals surface area contributed by atoms with Crippen LogP contribution in [0.15, 0.2) is 53.3 Å². The monoisotopic (exact) mass is 391 g/mol. The van der Waals surface area contributed by atoms with Crippen LogP contribution in [-0.4, -0.2) is 28.4 Å². The Kier molecular flexibility index (Phi) is 5.10. The van der Waals surface area contributed by atoms with Gasteiger partial charge in [-0.25, -0.2) is 9.37 Å². The first-order valence-electron chi connectivity index (χ1n) is 7.39. The van der Waals surface area contributed by atoms with Crippen LogP contribution in [0.25, 0.3) is 5.65 Å².